The molecule has 0 radical (unpaired) electrons. The van der Waals surface area contributed by atoms with E-state index in [0.29, 0.717) is 0 Å². The molecule has 1 atom stereocenters. The molecule has 2 heterocycles. The molecule has 1 unspecified atom stereocenters. The number of halogens is 1. The van der Waals surface area contributed by atoms with Crippen LogP contribution in [-0.4, -0.2) is 5.79 Å². The Morgan fingerprint density at radius 1 is 0.962 bits per heavy atom. The summed E-state index contributed by atoms with van der Waals surface area (Å²) >= 11 is 3.53. The molecule has 2 nitrogen and oxygen atoms in total. The molecular formula is C23H23BrO2. The Morgan fingerprint density at radius 2 is 1.73 bits per heavy atom. The van der Waals surface area contributed by atoms with E-state index in [4.69, 9.17) is 9.47 Å². The molecule has 3 heteroatoms. The average molecular weight is 411 g/mol. The summed E-state index contributed by atoms with van der Waals surface area (Å²) in [4.78, 5) is 0. The van der Waals surface area contributed by atoms with Gasteiger partial charge in [0, 0.05) is 27.2 Å². The minimum Gasteiger partial charge on any atom is -0.444 e. The van der Waals surface area contributed by atoms with Crippen LogP contribution in [0, 0.1) is 6.92 Å². The molecule has 2 aromatic rings. The van der Waals surface area contributed by atoms with Gasteiger partial charge in [-0.05, 0) is 62.2 Å². The van der Waals surface area contributed by atoms with Crippen molar-refractivity contribution in [3.05, 3.63) is 69.2 Å². The lowest BCUT2D eigenvalue weighted by atomic mass is 9.91. The van der Waals surface area contributed by atoms with Crippen molar-refractivity contribution in [1.29, 1.82) is 0 Å². The van der Waals surface area contributed by atoms with Crippen molar-refractivity contribution < 1.29 is 9.47 Å². The highest BCUT2D eigenvalue weighted by Crippen LogP contribution is 2.44. The van der Waals surface area contributed by atoms with E-state index in [9.17, 15) is 0 Å². The fourth-order valence-electron chi connectivity index (χ4n) is 3.57. The Kier molecular flexibility index (Phi) is 4.66. The predicted octanol–water partition coefficient (Wildman–Crippen LogP) is 6.92. The maximum absolute atomic E-state index is 6.46. The highest BCUT2D eigenvalue weighted by Gasteiger charge is 2.41. The highest BCUT2D eigenvalue weighted by atomic mass is 79.9. The summed E-state index contributed by atoms with van der Waals surface area (Å²) in [7, 11) is 0. The van der Waals surface area contributed by atoms with Crippen LogP contribution in [0.1, 0.15) is 49.3 Å². The Labute approximate surface area is 163 Å². The number of hydrogen-bond acceptors (Lipinski definition) is 2. The summed E-state index contributed by atoms with van der Waals surface area (Å²) in [6, 6.07) is 12.4. The summed E-state index contributed by atoms with van der Waals surface area (Å²) in [5, 5.41) is 0. The van der Waals surface area contributed by atoms with Gasteiger partial charge in [0.25, 0.3) is 5.79 Å². The van der Waals surface area contributed by atoms with Crippen LogP contribution in [0.3, 0.4) is 0 Å². The Morgan fingerprint density at radius 3 is 2.54 bits per heavy atom. The standard InChI is InChI=1S/C23H23BrO2/c1-3-4-5-6-19-14-18-13-16(2)7-9-22(18)26-23(19)12-11-17-15-20(24)8-10-21(17)25-23/h7-15H,3-6H2,1-2H3. The SMILES string of the molecule is CCCCCC1=Cc2cc(C)ccc2OC12C=Cc1cc(Br)ccc1O2. The first-order valence-electron chi connectivity index (χ1n) is 9.28. The van der Waals surface area contributed by atoms with E-state index in [2.05, 4.69) is 66.2 Å². The molecule has 0 saturated carbocycles. The van der Waals surface area contributed by atoms with Crippen molar-refractivity contribution in [2.75, 3.05) is 0 Å². The van der Waals surface area contributed by atoms with Crippen molar-refractivity contribution in [3.63, 3.8) is 0 Å². The van der Waals surface area contributed by atoms with E-state index in [1.165, 1.54) is 24.0 Å². The van der Waals surface area contributed by atoms with Gasteiger partial charge in [-0.25, -0.2) is 0 Å². The molecule has 0 aromatic heterocycles. The normalized spacial score (nSPS) is 20.0. The lowest BCUT2D eigenvalue weighted by molar-refractivity contribution is -0.0439. The zero-order valence-electron chi connectivity index (χ0n) is 15.2. The third-order valence-corrected chi connectivity index (χ3v) is 5.46. The third kappa shape index (κ3) is 3.21. The lowest BCUT2D eigenvalue weighted by Gasteiger charge is -2.39. The number of unbranched alkanes of at least 4 members (excludes halogenated alkanes) is 2. The van der Waals surface area contributed by atoms with E-state index in [1.807, 2.05) is 18.2 Å². The minimum atomic E-state index is -0.836. The fraction of sp³-hybridized carbons (Fsp3) is 0.304. The predicted molar refractivity (Wildman–Crippen MR) is 110 cm³/mol. The van der Waals surface area contributed by atoms with Gasteiger partial charge in [0.15, 0.2) is 0 Å². The molecule has 0 aliphatic carbocycles. The van der Waals surface area contributed by atoms with E-state index >= 15 is 0 Å². The first-order valence-corrected chi connectivity index (χ1v) is 10.1. The fourth-order valence-corrected chi connectivity index (χ4v) is 3.95. The van der Waals surface area contributed by atoms with E-state index in [0.717, 1.165) is 39.9 Å². The number of benzene rings is 2. The number of aryl methyl sites for hydroxylation is 1. The third-order valence-electron chi connectivity index (χ3n) is 4.97. The number of hydrogen-bond donors (Lipinski definition) is 0. The molecule has 2 aliphatic heterocycles. The first kappa shape index (κ1) is 17.4. The van der Waals surface area contributed by atoms with Crippen molar-refractivity contribution >= 4 is 28.1 Å². The van der Waals surface area contributed by atoms with Crippen molar-refractivity contribution in [2.45, 2.75) is 45.3 Å². The Hall–Kier alpha value is -2.00. The van der Waals surface area contributed by atoms with Crippen LogP contribution >= 0.6 is 15.9 Å². The molecule has 1 spiro atoms. The molecule has 2 aliphatic rings. The zero-order chi connectivity index (χ0) is 18.1. The molecule has 4 rings (SSSR count). The molecule has 134 valence electrons. The Balaban J connectivity index is 1.75. The second kappa shape index (κ2) is 6.96. The van der Waals surface area contributed by atoms with Crippen LogP contribution in [0.5, 0.6) is 11.5 Å². The molecule has 0 bridgehead atoms. The van der Waals surface area contributed by atoms with Gasteiger partial charge < -0.3 is 9.47 Å². The van der Waals surface area contributed by atoms with Gasteiger partial charge >= 0.3 is 0 Å². The molecule has 0 amide bonds. The first-order chi connectivity index (χ1) is 12.6. The quantitative estimate of drug-likeness (QED) is 0.509. The van der Waals surface area contributed by atoms with Crippen molar-refractivity contribution in [2.24, 2.45) is 0 Å². The largest absolute Gasteiger partial charge is 0.444 e. The maximum Gasteiger partial charge on any atom is 0.294 e. The van der Waals surface area contributed by atoms with Gasteiger partial charge in [0.1, 0.15) is 11.5 Å². The lowest BCUT2D eigenvalue weighted by Crippen LogP contribution is -2.45. The maximum atomic E-state index is 6.46. The van der Waals surface area contributed by atoms with E-state index in [-0.39, 0.29) is 0 Å². The molecule has 26 heavy (non-hydrogen) atoms. The van der Waals surface area contributed by atoms with Crippen LogP contribution in [0.2, 0.25) is 0 Å². The van der Waals surface area contributed by atoms with Crippen molar-refractivity contribution in [1.82, 2.24) is 0 Å². The van der Waals surface area contributed by atoms with Gasteiger partial charge in [-0.2, -0.15) is 0 Å². The van der Waals surface area contributed by atoms with Crippen LogP contribution in [0.25, 0.3) is 12.2 Å². The summed E-state index contributed by atoms with van der Waals surface area (Å²) in [5.41, 5.74) is 4.63. The summed E-state index contributed by atoms with van der Waals surface area (Å²) in [6.45, 7) is 4.34. The molecular weight excluding hydrogens is 388 g/mol. The van der Waals surface area contributed by atoms with E-state index < -0.39 is 5.79 Å². The monoisotopic (exact) mass is 410 g/mol. The number of fused-ring (bicyclic) bond motifs is 2. The number of ether oxygens (including phenoxy) is 2. The summed E-state index contributed by atoms with van der Waals surface area (Å²) < 4.78 is 14.0. The molecule has 0 saturated heterocycles. The topological polar surface area (TPSA) is 18.5 Å². The second-order valence-corrected chi connectivity index (χ2v) is 7.97. The van der Waals surface area contributed by atoms with Crippen LogP contribution in [-0.2, 0) is 0 Å². The van der Waals surface area contributed by atoms with Crippen molar-refractivity contribution in [3.8, 4) is 11.5 Å². The average Bonchev–Trinajstić information content (AvgIpc) is 2.63. The minimum absolute atomic E-state index is 0.836. The molecule has 0 N–H and O–H groups in total. The van der Waals surface area contributed by atoms with Gasteiger partial charge in [-0.3, -0.25) is 0 Å². The van der Waals surface area contributed by atoms with Gasteiger partial charge in [0.2, 0.25) is 0 Å². The molecule has 0 fully saturated rings. The van der Waals surface area contributed by atoms with E-state index in [1.54, 1.807) is 0 Å². The van der Waals surface area contributed by atoms with Gasteiger partial charge in [-0.1, -0.05) is 47.3 Å². The summed E-state index contributed by atoms with van der Waals surface area (Å²) in [6.07, 6.45) is 10.9. The van der Waals surface area contributed by atoms with Gasteiger partial charge in [-0.15, -0.1) is 0 Å². The second-order valence-electron chi connectivity index (χ2n) is 7.06. The van der Waals surface area contributed by atoms with Crippen LogP contribution in [0.4, 0.5) is 0 Å². The van der Waals surface area contributed by atoms with Crippen LogP contribution in [0.15, 0.2) is 52.5 Å². The number of rotatable bonds is 4. The summed E-state index contributed by atoms with van der Waals surface area (Å²) in [5.74, 6) is 0.893. The zero-order valence-corrected chi connectivity index (χ0v) is 16.8. The highest BCUT2D eigenvalue weighted by molar-refractivity contribution is 9.10. The molecule has 2 aromatic carbocycles. The van der Waals surface area contributed by atoms with Crippen LogP contribution < -0.4 is 9.47 Å². The van der Waals surface area contributed by atoms with Gasteiger partial charge in [0.05, 0.1) is 0 Å². The smallest absolute Gasteiger partial charge is 0.294 e. The Bertz CT molecular complexity index is 893.